The van der Waals surface area contributed by atoms with Crippen molar-refractivity contribution in [2.45, 2.75) is 65.6 Å². The van der Waals surface area contributed by atoms with E-state index in [0.717, 1.165) is 6.42 Å². The zero-order valence-electron chi connectivity index (χ0n) is 16.6. The second kappa shape index (κ2) is 13.6. The van der Waals surface area contributed by atoms with E-state index in [0.29, 0.717) is 37.9 Å². The summed E-state index contributed by atoms with van der Waals surface area (Å²) in [5.41, 5.74) is -0.258. The van der Waals surface area contributed by atoms with Gasteiger partial charge in [0.05, 0.1) is 24.0 Å². The van der Waals surface area contributed by atoms with Crippen LogP contribution in [0.3, 0.4) is 0 Å². The molecule has 0 bridgehead atoms. The largest absolute Gasteiger partial charge is 0.382 e. The Hall–Kier alpha value is -0.630. The molecule has 25 heavy (non-hydrogen) atoms. The van der Waals surface area contributed by atoms with Crippen LogP contribution in [0.2, 0.25) is 0 Å². The van der Waals surface area contributed by atoms with E-state index >= 15 is 0 Å². The van der Waals surface area contributed by atoms with Crippen LogP contribution in [0.4, 0.5) is 0 Å². The minimum Gasteiger partial charge on any atom is -0.382 e. The van der Waals surface area contributed by atoms with E-state index in [1.54, 1.807) is 6.92 Å². The first-order valence-electron chi connectivity index (χ1n) is 9.00. The Morgan fingerprint density at radius 3 is 2.44 bits per heavy atom. The van der Waals surface area contributed by atoms with Crippen molar-refractivity contribution in [1.29, 1.82) is 0 Å². The number of amides is 1. The first-order chi connectivity index (χ1) is 11.7. The Kier molecular flexibility index (Phi) is 13.2. The lowest BCUT2D eigenvalue weighted by atomic mass is 10.1. The van der Waals surface area contributed by atoms with Crippen molar-refractivity contribution in [2.24, 2.45) is 0 Å². The number of ether oxygens (including phenoxy) is 2. The molecule has 0 spiro atoms. The standard InChI is InChI=1S/C18H36N2O4S/c1-7-23-10-8-18(5,6)24-11-9-19-17(22)13-25-12-16(15(4)21)20-14(2)3/h14,16,20H,7-13H2,1-6H3,(H,19,22). The van der Waals surface area contributed by atoms with Crippen molar-refractivity contribution in [2.75, 3.05) is 37.9 Å². The molecule has 0 aromatic carbocycles. The van der Waals surface area contributed by atoms with E-state index in [9.17, 15) is 9.59 Å². The maximum absolute atomic E-state index is 11.8. The molecule has 0 radical (unpaired) electrons. The smallest absolute Gasteiger partial charge is 0.230 e. The van der Waals surface area contributed by atoms with Gasteiger partial charge in [-0.25, -0.2) is 0 Å². The summed E-state index contributed by atoms with van der Waals surface area (Å²) >= 11 is 1.46. The van der Waals surface area contributed by atoms with Crippen LogP contribution in [0.15, 0.2) is 0 Å². The van der Waals surface area contributed by atoms with Gasteiger partial charge in [-0.15, -0.1) is 11.8 Å². The number of carbonyl (C=O) groups excluding carboxylic acids is 2. The van der Waals surface area contributed by atoms with Gasteiger partial charge in [-0.05, 0) is 34.1 Å². The molecule has 0 aliphatic heterocycles. The molecule has 0 heterocycles. The lowest BCUT2D eigenvalue weighted by molar-refractivity contribution is -0.120. The third-order valence-electron chi connectivity index (χ3n) is 3.51. The van der Waals surface area contributed by atoms with Crippen LogP contribution in [-0.2, 0) is 19.1 Å². The van der Waals surface area contributed by atoms with Crippen LogP contribution in [0.25, 0.3) is 0 Å². The lowest BCUT2D eigenvalue weighted by Crippen LogP contribution is -2.42. The minimum atomic E-state index is -0.258. The van der Waals surface area contributed by atoms with Crippen molar-refractivity contribution in [1.82, 2.24) is 10.6 Å². The van der Waals surface area contributed by atoms with E-state index in [1.807, 2.05) is 34.6 Å². The molecular formula is C18H36N2O4S. The molecular weight excluding hydrogens is 340 g/mol. The highest BCUT2D eigenvalue weighted by molar-refractivity contribution is 8.00. The quantitative estimate of drug-likeness (QED) is 0.426. The lowest BCUT2D eigenvalue weighted by Gasteiger charge is -2.25. The molecule has 148 valence electrons. The summed E-state index contributed by atoms with van der Waals surface area (Å²) in [7, 11) is 0. The molecule has 1 atom stereocenters. The van der Waals surface area contributed by atoms with Crippen molar-refractivity contribution in [3.63, 3.8) is 0 Å². The van der Waals surface area contributed by atoms with Crippen LogP contribution in [0, 0.1) is 0 Å². The molecule has 0 aromatic heterocycles. The van der Waals surface area contributed by atoms with Gasteiger partial charge in [0.2, 0.25) is 5.91 Å². The molecule has 6 nitrogen and oxygen atoms in total. The molecule has 7 heteroatoms. The number of carbonyl (C=O) groups is 2. The summed E-state index contributed by atoms with van der Waals surface area (Å²) in [6.07, 6.45) is 0.819. The van der Waals surface area contributed by atoms with E-state index in [4.69, 9.17) is 9.47 Å². The van der Waals surface area contributed by atoms with Gasteiger partial charge in [0.15, 0.2) is 0 Å². The van der Waals surface area contributed by atoms with Crippen LogP contribution >= 0.6 is 11.8 Å². The van der Waals surface area contributed by atoms with Gasteiger partial charge >= 0.3 is 0 Å². The fraction of sp³-hybridized carbons (Fsp3) is 0.889. The Morgan fingerprint density at radius 2 is 1.88 bits per heavy atom. The normalized spacial score (nSPS) is 13.1. The molecule has 0 aliphatic carbocycles. The summed E-state index contributed by atoms with van der Waals surface area (Å²) in [5, 5.41) is 6.06. The van der Waals surface area contributed by atoms with E-state index < -0.39 is 0 Å². The Labute approximate surface area is 157 Å². The summed E-state index contributed by atoms with van der Waals surface area (Å²) < 4.78 is 11.1. The van der Waals surface area contributed by atoms with Gasteiger partial charge in [-0.2, -0.15) is 0 Å². The fourth-order valence-electron chi connectivity index (χ4n) is 2.06. The Balaban J connectivity index is 3.84. The molecule has 0 saturated carbocycles. The zero-order chi connectivity index (χ0) is 19.3. The molecule has 0 rings (SSSR count). The third-order valence-corrected chi connectivity index (χ3v) is 4.55. The van der Waals surface area contributed by atoms with Crippen LogP contribution < -0.4 is 10.6 Å². The monoisotopic (exact) mass is 376 g/mol. The first-order valence-corrected chi connectivity index (χ1v) is 10.2. The molecule has 1 unspecified atom stereocenters. The van der Waals surface area contributed by atoms with E-state index in [2.05, 4.69) is 10.6 Å². The SMILES string of the molecule is CCOCCC(C)(C)OCCNC(=O)CSCC(NC(C)C)C(C)=O. The second-order valence-corrected chi connectivity index (χ2v) is 7.94. The molecule has 0 fully saturated rings. The van der Waals surface area contributed by atoms with E-state index in [-0.39, 0.29) is 29.4 Å². The number of hydrogen-bond donors (Lipinski definition) is 2. The highest BCUT2D eigenvalue weighted by atomic mass is 32.2. The number of nitrogens with one attached hydrogen (secondary N) is 2. The summed E-state index contributed by atoms with van der Waals surface area (Å²) in [6.45, 7) is 13.9. The third kappa shape index (κ3) is 14.2. The van der Waals surface area contributed by atoms with Gasteiger partial charge < -0.3 is 20.1 Å². The zero-order valence-corrected chi connectivity index (χ0v) is 17.5. The summed E-state index contributed by atoms with van der Waals surface area (Å²) in [5.74, 6) is 1.01. The number of Topliss-reactive ketones (excluding diaryl/α,β-unsaturated/α-hetero) is 1. The van der Waals surface area contributed by atoms with Crippen molar-refractivity contribution < 1.29 is 19.1 Å². The predicted molar refractivity (Wildman–Crippen MR) is 104 cm³/mol. The van der Waals surface area contributed by atoms with Crippen LogP contribution in [0.5, 0.6) is 0 Å². The van der Waals surface area contributed by atoms with Gasteiger partial charge in [-0.1, -0.05) is 13.8 Å². The topological polar surface area (TPSA) is 76.7 Å². The average molecular weight is 377 g/mol. The Morgan fingerprint density at radius 1 is 1.20 bits per heavy atom. The number of thioether (sulfide) groups is 1. The van der Waals surface area contributed by atoms with Crippen molar-refractivity contribution in [3.05, 3.63) is 0 Å². The molecule has 1 amide bonds. The second-order valence-electron chi connectivity index (χ2n) is 6.90. The predicted octanol–water partition coefficient (Wildman–Crippen LogP) is 2.01. The highest BCUT2D eigenvalue weighted by Crippen LogP contribution is 2.13. The Bertz CT molecular complexity index is 389. The molecule has 2 N–H and O–H groups in total. The maximum Gasteiger partial charge on any atom is 0.230 e. The minimum absolute atomic E-state index is 0.0347. The molecule has 0 aromatic rings. The van der Waals surface area contributed by atoms with Gasteiger partial charge in [0.1, 0.15) is 5.78 Å². The fourth-order valence-corrected chi connectivity index (χ4v) is 3.03. The van der Waals surface area contributed by atoms with E-state index in [1.165, 1.54) is 11.8 Å². The molecule has 0 aliphatic rings. The van der Waals surface area contributed by atoms with Crippen LogP contribution in [-0.4, -0.2) is 67.2 Å². The number of ketones is 1. The average Bonchev–Trinajstić information content (AvgIpc) is 2.50. The summed E-state index contributed by atoms with van der Waals surface area (Å²) in [4.78, 5) is 23.4. The van der Waals surface area contributed by atoms with Crippen molar-refractivity contribution >= 4 is 23.5 Å². The first kappa shape index (κ1) is 24.4. The summed E-state index contributed by atoms with van der Waals surface area (Å²) in [6, 6.07) is 0.0406. The van der Waals surface area contributed by atoms with Gasteiger partial charge in [0.25, 0.3) is 0 Å². The number of rotatable bonds is 15. The number of hydrogen-bond acceptors (Lipinski definition) is 6. The molecule has 0 saturated heterocycles. The maximum atomic E-state index is 11.8. The van der Waals surface area contributed by atoms with Gasteiger partial charge in [0, 0.05) is 31.6 Å². The van der Waals surface area contributed by atoms with Crippen LogP contribution in [0.1, 0.15) is 48.0 Å². The highest BCUT2D eigenvalue weighted by Gasteiger charge is 2.18. The van der Waals surface area contributed by atoms with Crippen molar-refractivity contribution in [3.8, 4) is 0 Å². The van der Waals surface area contributed by atoms with Gasteiger partial charge in [-0.3, -0.25) is 9.59 Å².